The quantitative estimate of drug-likeness (QED) is 0.543. The highest BCUT2D eigenvalue weighted by molar-refractivity contribution is 5.99. The fourth-order valence-corrected chi connectivity index (χ4v) is 3.07. The second-order valence-electron chi connectivity index (χ2n) is 7.00. The first-order valence-electron chi connectivity index (χ1n) is 8.42. The Morgan fingerprint density at radius 1 is 1.23 bits per heavy atom. The van der Waals surface area contributed by atoms with Gasteiger partial charge in [0.1, 0.15) is 24.0 Å². The van der Waals surface area contributed by atoms with Gasteiger partial charge in [0.2, 0.25) is 11.8 Å². The third kappa shape index (κ3) is 4.13. The highest BCUT2D eigenvalue weighted by atomic mass is 16.3. The second-order valence-corrected chi connectivity index (χ2v) is 7.00. The number of nitrogens with zero attached hydrogens (tertiary/aromatic N) is 1. The van der Waals surface area contributed by atoms with Crippen LogP contribution in [-0.2, 0) is 14.4 Å². The van der Waals surface area contributed by atoms with Gasteiger partial charge in [-0.05, 0) is 37.0 Å². The number of benzene rings is 1. The smallest absolute Gasteiger partial charge is 0.246 e. The van der Waals surface area contributed by atoms with Gasteiger partial charge in [-0.15, -0.1) is 0 Å². The molecule has 8 heteroatoms. The van der Waals surface area contributed by atoms with E-state index in [-0.39, 0.29) is 29.6 Å². The van der Waals surface area contributed by atoms with Crippen LogP contribution < -0.4 is 5.32 Å². The Morgan fingerprint density at radius 3 is 2.42 bits per heavy atom. The number of carbonyl (C=O) groups is 3. The van der Waals surface area contributed by atoms with Gasteiger partial charge in [-0.2, -0.15) is 0 Å². The number of piperazine rings is 1. The number of hydrogen-bond acceptors (Lipinski definition) is 6. The molecule has 1 aromatic carbocycles. The molecule has 0 aliphatic carbocycles. The highest BCUT2D eigenvalue weighted by Crippen LogP contribution is 2.31. The Balaban J connectivity index is 2.36. The van der Waals surface area contributed by atoms with Gasteiger partial charge in [-0.3, -0.25) is 14.4 Å². The predicted molar refractivity (Wildman–Crippen MR) is 92.3 cm³/mol. The number of rotatable bonds is 6. The molecule has 4 N–H and O–H groups in total. The number of aliphatic hydroxyl groups excluding tert-OH is 1. The van der Waals surface area contributed by atoms with E-state index in [1.54, 1.807) is 0 Å². The molecule has 3 atom stereocenters. The molecule has 2 rings (SSSR count). The Labute approximate surface area is 151 Å². The maximum atomic E-state index is 12.8. The Bertz CT molecular complexity index is 718. The number of phenols is 2. The molecule has 0 bridgehead atoms. The molecule has 2 amide bonds. The topological polar surface area (TPSA) is 127 Å². The summed E-state index contributed by atoms with van der Waals surface area (Å²) in [6, 6.07) is 1.57. The van der Waals surface area contributed by atoms with Crippen molar-refractivity contribution in [3.63, 3.8) is 0 Å². The maximum absolute atomic E-state index is 12.8. The Kier molecular flexibility index (Phi) is 5.86. The number of amides is 2. The van der Waals surface area contributed by atoms with E-state index < -0.39 is 35.8 Å². The van der Waals surface area contributed by atoms with E-state index in [1.165, 1.54) is 19.1 Å². The van der Waals surface area contributed by atoms with Gasteiger partial charge < -0.3 is 25.5 Å². The summed E-state index contributed by atoms with van der Waals surface area (Å²) < 4.78 is 0. The molecule has 0 spiro atoms. The van der Waals surface area contributed by atoms with Crippen LogP contribution in [0.5, 0.6) is 11.5 Å². The van der Waals surface area contributed by atoms with Gasteiger partial charge in [0.25, 0.3) is 0 Å². The third-order valence-electron chi connectivity index (χ3n) is 4.24. The molecule has 1 heterocycles. The molecule has 0 saturated carbocycles. The summed E-state index contributed by atoms with van der Waals surface area (Å²) in [5.41, 5.74) is 0.143. The minimum Gasteiger partial charge on any atom is -0.504 e. The average molecular weight is 364 g/mol. The fourth-order valence-electron chi connectivity index (χ4n) is 3.07. The van der Waals surface area contributed by atoms with E-state index in [0.29, 0.717) is 6.42 Å². The van der Waals surface area contributed by atoms with Crippen LogP contribution in [0.15, 0.2) is 18.2 Å². The summed E-state index contributed by atoms with van der Waals surface area (Å²) in [7, 11) is 0. The summed E-state index contributed by atoms with van der Waals surface area (Å²) in [4.78, 5) is 38.1. The van der Waals surface area contributed by atoms with Crippen LogP contribution in [0, 0.1) is 5.92 Å². The van der Waals surface area contributed by atoms with Crippen molar-refractivity contribution in [2.24, 2.45) is 5.92 Å². The normalized spacial score (nSPS) is 21.7. The molecule has 1 saturated heterocycles. The second kappa shape index (κ2) is 7.74. The molecule has 1 aliphatic rings. The number of Topliss-reactive ketones (excluding diaryl/α,β-unsaturated/α-hetero) is 1. The average Bonchev–Trinajstić information content (AvgIpc) is 2.53. The van der Waals surface area contributed by atoms with Gasteiger partial charge in [-0.1, -0.05) is 19.9 Å². The van der Waals surface area contributed by atoms with Gasteiger partial charge in [0.05, 0.1) is 6.54 Å². The number of aromatic hydroxyl groups is 2. The summed E-state index contributed by atoms with van der Waals surface area (Å²) in [5.74, 6) is -2.00. The molecule has 3 unspecified atom stereocenters. The highest BCUT2D eigenvalue weighted by Gasteiger charge is 2.45. The van der Waals surface area contributed by atoms with Crippen molar-refractivity contribution in [1.29, 1.82) is 0 Å². The minimum atomic E-state index is -1.47. The Morgan fingerprint density at radius 2 is 1.88 bits per heavy atom. The first kappa shape index (κ1) is 19.7. The van der Waals surface area contributed by atoms with Gasteiger partial charge in [-0.25, -0.2) is 0 Å². The van der Waals surface area contributed by atoms with E-state index in [0.717, 1.165) is 11.0 Å². The van der Waals surface area contributed by atoms with Crippen molar-refractivity contribution < 1.29 is 29.7 Å². The number of carbonyl (C=O) groups excluding carboxylic acids is 3. The van der Waals surface area contributed by atoms with Gasteiger partial charge in [0.15, 0.2) is 11.5 Å². The molecule has 0 radical (unpaired) electrons. The van der Waals surface area contributed by atoms with Crippen molar-refractivity contribution in [2.45, 2.75) is 45.4 Å². The minimum absolute atomic E-state index is 0.143. The van der Waals surface area contributed by atoms with Crippen LogP contribution in [0.4, 0.5) is 0 Å². The number of phenolic OH excluding ortho intramolecular Hbond substituents is 2. The van der Waals surface area contributed by atoms with Crippen LogP contribution in [0.3, 0.4) is 0 Å². The lowest BCUT2D eigenvalue weighted by Crippen LogP contribution is -2.65. The molecule has 26 heavy (non-hydrogen) atoms. The molecule has 1 aliphatic heterocycles. The zero-order chi connectivity index (χ0) is 19.6. The van der Waals surface area contributed by atoms with Crippen LogP contribution in [0.1, 0.15) is 38.9 Å². The number of ketones is 1. The first-order chi connectivity index (χ1) is 12.1. The van der Waals surface area contributed by atoms with Crippen molar-refractivity contribution in [1.82, 2.24) is 10.2 Å². The summed E-state index contributed by atoms with van der Waals surface area (Å²) in [6.45, 7) is 4.82. The van der Waals surface area contributed by atoms with Crippen molar-refractivity contribution in [2.75, 3.05) is 6.54 Å². The third-order valence-corrected chi connectivity index (χ3v) is 4.24. The van der Waals surface area contributed by atoms with Crippen LogP contribution in [0.25, 0.3) is 0 Å². The maximum Gasteiger partial charge on any atom is 0.246 e. The lowest BCUT2D eigenvalue weighted by atomic mass is 9.93. The van der Waals surface area contributed by atoms with E-state index in [9.17, 15) is 29.7 Å². The number of hydrogen-bond donors (Lipinski definition) is 4. The zero-order valence-electron chi connectivity index (χ0n) is 15.0. The van der Waals surface area contributed by atoms with E-state index >= 15 is 0 Å². The largest absolute Gasteiger partial charge is 0.504 e. The van der Waals surface area contributed by atoms with Crippen LogP contribution in [-0.4, -0.2) is 56.4 Å². The lowest BCUT2D eigenvalue weighted by Gasteiger charge is -2.41. The summed E-state index contributed by atoms with van der Waals surface area (Å²) in [6.07, 6.45) is -1.05. The van der Waals surface area contributed by atoms with Crippen molar-refractivity contribution in [3.8, 4) is 11.5 Å². The van der Waals surface area contributed by atoms with E-state index in [2.05, 4.69) is 5.32 Å². The first-order valence-corrected chi connectivity index (χ1v) is 8.42. The Hall–Kier alpha value is -2.61. The fraction of sp³-hybridized carbons (Fsp3) is 0.500. The van der Waals surface area contributed by atoms with E-state index in [1.807, 2.05) is 13.8 Å². The lowest BCUT2D eigenvalue weighted by molar-refractivity contribution is -0.156. The van der Waals surface area contributed by atoms with Crippen molar-refractivity contribution >= 4 is 17.6 Å². The SMILES string of the molecule is CC(=O)CN1C(=O)C(CC(C)C)NC(=O)C1C(O)c1ccc(O)c(O)c1. The molecule has 1 aromatic rings. The van der Waals surface area contributed by atoms with Crippen LogP contribution >= 0.6 is 0 Å². The zero-order valence-corrected chi connectivity index (χ0v) is 15.0. The summed E-state index contributed by atoms with van der Waals surface area (Å²) >= 11 is 0. The summed E-state index contributed by atoms with van der Waals surface area (Å²) in [5, 5.41) is 32.3. The molecular weight excluding hydrogens is 340 g/mol. The number of aliphatic hydroxyl groups is 1. The molecule has 8 nitrogen and oxygen atoms in total. The van der Waals surface area contributed by atoms with Gasteiger partial charge in [0, 0.05) is 0 Å². The number of nitrogens with one attached hydrogen (secondary N) is 1. The predicted octanol–water partition coefficient (Wildman–Crippen LogP) is 0.462. The molecule has 0 aromatic heterocycles. The molecular formula is C18H24N2O6. The van der Waals surface area contributed by atoms with Crippen LogP contribution in [0.2, 0.25) is 0 Å². The molecule has 1 fully saturated rings. The monoisotopic (exact) mass is 364 g/mol. The van der Waals surface area contributed by atoms with Crippen molar-refractivity contribution in [3.05, 3.63) is 23.8 Å². The van der Waals surface area contributed by atoms with E-state index in [4.69, 9.17) is 0 Å². The standard InChI is InChI=1S/C18H24N2O6/c1-9(2)6-12-18(26)20(8-10(3)21)15(17(25)19-12)16(24)11-4-5-13(22)14(23)7-11/h4-5,7,9,12,15-16,22-24H,6,8H2,1-3H3,(H,19,25). The van der Waals surface area contributed by atoms with Gasteiger partial charge >= 0.3 is 0 Å². The molecule has 142 valence electrons.